The summed E-state index contributed by atoms with van der Waals surface area (Å²) in [4.78, 5) is 4.52. The van der Waals surface area contributed by atoms with Gasteiger partial charge in [-0.3, -0.25) is 0 Å². The van der Waals surface area contributed by atoms with Gasteiger partial charge >= 0.3 is 0 Å². The summed E-state index contributed by atoms with van der Waals surface area (Å²) in [7, 11) is 1.66. The molecule has 0 fully saturated rings. The van der Waals surface area contributed by atoms with Crippen molar-refractivity contribution in [3.63, 3.8) is 0 Å². The Kier molecular flexibility index (Phi) is 3.45. The van der Waals surface area contributed by atoms with Gasteiger partial charge in [0.05, 0.1) is 7.11 Å². The van der Waals surface area contributed by atoms with E-state index in [0.717, 1.165) is 30.6 Å². The average Bonchev–Trinajstić information content (AvgIpc) is 2.98. The van der Waals surface area contributed by atoms with Crippen LogP contribution in [0.2, 0.25) is 0 Å². The summed E-state index contributed by atoms with van der Waals surface area (Å²) in [6, 6.07) is 6.05. The molecule has 0 saturated heterocycles. The number of methoxy groups -OCH3 is 1. The maximum Gasteiger partial charge on any atom is 0.229 e. The second-order valence-electron chi connectivity index (χ2n) is 5.96. The van der Waals surface area contributed by atoms with Gasteiger partial charge in [0.15, 0.2) is 5.82 Å². The summed E-state index contributed by atoms with van der Waals surface area (Å²) in [5.74, 6) is 2.20. The van der Waals surface area contributed by atoms with E-state index in [4.69, 9.17) is 15.0 Å². The molecule has 1 aromatic carbocycles. The Morgan fingerprint density at radius 3 is 2.86 bits per heavy atom. The molecule has 1 aliphatic carbocycles. The first-order valence-corrected chi connectivity index (χ1v) is 7.35. The van der Waals surface area contributed by atoms with Crippen LogP contribution >= 0.6 is 0 Å². The van der Waals surface area contributed by atoms with Crippen molar-refractivity contribution in [3.05, 3.63) is 41.0 Å². The molecule has 1 aliphatic rings. The predicted molar refractivity (Wildman–Crippen MR) is 79.3 cm³/mol. The third kappa shape index (κ3) is 2.31. The van der Waals surface area contributed by atoms with Crippen molar-refractivity contribution in [1.82, 2.24) is 10.1 Å². The van der Waals surface area contributed by atoms with Crippen molar-refractivity contribution >= 4 is 0 Å². The number of ether oxygens (including phenoxy) is 1. The minimum Gasteiger partial charge on any atom is -0.497 e. The number of nitrogens with two attached hydrogens (primary N) is 1. The van der Waals surface area contributed by atoms with Crippen LogP contribution in [0.4, 0.5) is 0 Å². The number of hydrogen-bond donors (Lipinski definition) is 1. The number of nitrogens with zero attached hydrogens (tertiary/aromatic N) is 2. The fourth-order valence-corrected chi connectivity index (χ4v) is 2.89. The summed E-state index contributed by atoms with van der Waals surface area (Å²) in [6.07, 6.45) is 2.85. The van der Waals surface area contributed by atoms with Gasteiger partial charge in [-0.25, -0.2) is 0 Å². The molecule has 0 amide bonds. The Hall–Kier alpha value is -1.88. The highest BCUT2D eigenvalue weighted by Crippen LogP contribution is 2.39. The van der Waals surface area contributed by atoms with Gasteiger partial charge in [-0.2, -0.15) is 4.98 Å². The molecule has 2 aromatic rings. The molecule has 0 aliphatic heterocycles. The molecule has 5 nitrogen and oxygen atoms in total. The van der Waals surface area contributed by atoms with Crippen LogP contribution in [0, 0.1) is 0 Å². The second kappa shape index (κ2) is 5.15. The van der Waals surface area contributed by atoms with Crippen molar-refractivity contribution in [2.45, 2.75) is 44.6 Å². The topological polar surface area (TPSA) is 74.2 Å². The zero-order valence-electron chi connectivity index (χ0n) is 12.7. The quantitative estimate of drug-likeness (QED) is 0.939. The first-order valence-electron chi connectivity index (χ1n) is 7.35. The Balaban J connectivity index is 2.09. The van der Waals surface area contributed by atoms with Gasteiger partial charge in [-0.15, -0.1) is 0 Å². The number of aryl methyl sites for hydroxylation is 1. The highest BCUT2D eigenvalue weighted by molar-refractivity contribution is 5.45. The standard InChI is InChI=1S/C16H21N3O2/c1-10(2)14-18-15(19-21-14)16(17)8-4-5-11-6-7-12(20-3)9-13(11)16/h6-7,9-10H,4-5,8,17H2,1-3H3. The van der Waals surface area contributed by atoms with E-state index in [0.29, 0.717) is 11.7 Å². The summed E-state index contributed by atoms with van der Waals surface area (Å²) in [6.45, 7) is 4.05. The van der Waals surface area contributed by atoms with E-state index in [-0.39, 0.29) is 5.92 Å². The Morgan fingerprint density at radius 1 is 1.38 bits per heavy atom. The molecule has 112 valence electrons. The lowest BCUT2D eigenvalue weighted by molar-refractivity contribution is 0.340. The van der Waals surface area contributed by atoms with E-state index in [2.05, 4.69) is 16.2 Å². The Labute approximate surface area is 124 Å². The van der Waals surface area contributed by atoms with Crippen LogP contribution in [0.3, 0.4) is 0 Å². The number of benzene rings is 1. The predicted octanol–water partition coefficient (Wildman–Crippen LogP) is 2.74. The van der Waals surface area contributed by atoms with E-state index in [9.17, 15) is 0 Å². The van der Waals surface area contributed by atoms with Gasteiger partial charge in [0.1, 0.15) is 11.3 Å². The van der Waals surface area contributed by atoms with E-state index in [1.54, 1.807) is 7.11 Å². The van der Waals surface area contributed by atoms with Crippen LogP contribution in [0.5, 0.6) is 5.75 Å². The van der Waals surface area contributed by atoms with E-state index < -0.39 is 5.54 Å². The molecular formula is C16H21N3O2. The Morgan fingerprint density at radius 2 is 2.19 bits per heavy atom. The summed E-state index contributed by atoms with van der Waals surface area (Å²) in [5, 5.41) is 4.14. The van der Waals surface area contributed by atoms with Crippen molar-refractivity contribution in [1.29, 1.82) is 0 Å². The molecule has 5 heteroatoms. The van der Waals surface area contributed by atoms with Gasteiger partial charge in [-0.05, 0) is 42.5 Å². The molecule has 0 radical (unpaired) electrons. The van der Waals surface area contributed by atoms with Crippen molar-refractivity contribution in [2.24, 2.45) is 5.73 Å². The highest BCUT2D eigenvalue weighted by atomic mass is 16.5. The minimum atomic E-state index is -0.696. The maximum atomic E-state index is 6.69. The molecule has 0 saturated carbocycles. The summed E-state index contributed by atoms with van der Waals surface area (Å²) in [5.41, 5.74) is 8.27. The van der Waals surface area contributed by atoms with E-state index >= 15 is 0 Å². The van der Waals surface area contributed by atoms with Crippen LogP contribution in [-0.2, 0) is 12.0 Å². The lowest BCUT2D eigenvalue weighted by atomic mass is 9.76. The fourth-order valence-electron chi connectivity index (χ4n) is 2.89. The molecule has 1 unspecified atom stereocenters. The lowest BCUT2D eigenvalue weighted by Gasteiger charge is -2.33. The smallest absolute Gasteiger partial charge is 0.229 e. The normalized spacial score (nSPS) is 21.4. The third-order valence-electron chi connectivity index (χ3n) is 4.15. The van der Waals surface area contributed by atoms with Crippen molar-refractivity contribution in [3.8, 4) is 5.75 Å². The van der Waals surface area contributed by atoms with Gasteiger partial charge < -0.3 is 15.0 Å². The monoisotopic (exact) mass is 287 g/mol. The van der Waals surface area contributed by atoms with Crippen LogP contribution in [-0.4, -0.2) is 17.3 Å². The molecule has 1 aromatic heterocycles. The largest absolute Gasteiger partial charge is 0.497 e. The third-order valence-corrected chi connectivity index (χ3v) is 4.15. The summed E-state index contributed by atoms with van der Waals surface area (Å²) >= 11 is 0. The first-order chi connectivity index (χ1) is 10.0. The Bertz CT molecular complexity index is 651. The first kappa shape index (κ1) is 14.1. The van der Waals surface area contributed by atoms with Gasteiger partial charge in [0, 0.05) is 5.92 Å². The average molecular weight is 287 g/mol. The van der Waals surface area contributed by atoms with Crippen LogP contribution in [0.25, 0.3) is 0 Å². The molecule has 21 heavy (non-hydrogen) atoms. The van der Waals surface area contributed by atoms with Gasteiger partial charge in [-0.1, -0.05) is 25.1 Å². The van der Waals surface area contributed by atoms with Crippen LogP contribution in [0.15, 0.2) is 22.7 Å². The number of rotatable bonds is 3. The second-order valence-corrected chi connectivity index (χ2v) is 5.96. The van der Waals surface area contributed by atoms with Crippen LogP contribution < -0.4 is 10.5 Å². The molecule has 3 rings (SSSR count). The fraction of sp³-hybridized carbons (Fsp3) is 0.500. The zero-order valence-corrected chi connectivity index (χ0v) is 12.7. The lowest BCUT2D eigenvalue weighted by Crippen LogP contribution is -2.42. The number of fused-ring (bicyclic) bond motifs is 1. The molecule has 1 atom stereocenters. The van der Waals surface area contributed by atoms with E-state index in [1.807, 2.05) is 26.0 Å². The van der Waals surface area contributed by atoms with Gasteiger partial charge in [0.25, 0.3) is 0 Å². The SMILES string of the molecule is COc1ccc2c(c1)C(N)(c1noc(C(C)C)n1)CCC2. The molecular weight excluding hydrogens is 266 g/mol. The van der Waals surface area contributed by atoms with Crippen molar-refractivity contribution < 1.29 is 9.26 Å². The highest BCUT2D eigenvalue weighted by Gasteiger charge is 2.39. The molecule has 1 heterocycles. The molecule has 0 spiro atoms. The minimum absolute atomic E-state index is 0.197. The maximum absolute atomic E-state index is 6.69. The van der Waals surface area contributed by atoms with Crippen LogP contribution in [0.1, 0.15) is 55.4 Å². The molecule has 0 bridgehead atoms. The zero-order chi connectivity index (χ0) is 15.0. The summed E-state index contributed by atoms with van der Waals surface area (Å²) < 4.78 is 10.7. The van der Waals surface area contributed by atoms with Gasteiger partial charge in [0.2, 0.25) is 5.89 Å². The van der Waals surface area contributed by atoms with Crippen molar-refractivity contribution in [2.75, 3.05) is 7.11 Å². The number of aromatic nitrogens is 2. The molecule has 2 N–H and O–H groups in total. The van der Waals surface area contributed by atoms with E-state index in [1.165, 1.54) is 5.56 Å². The number of hydrogen-bond acceptors (Lipinski definition) is 5.